The smallest absolute Gasteiger partial charge is 0.335 e. The molecular formula is C17H16N2O2. The van der Waals surface area contributed by atoms with E-state index in [0.717, 1.165) is 11.0 Å². The number of aryl methyl sites for hydroxylation is 2. The fraction of sp³-hybridized carbons (Fsp3) is 0.176. The highest BCUT2D eigenvalue weighted by atomic mass is 16.4. The highest BCUT2D eigenvalue weighted by molar-refractivity contribution is 5.92. The average molecular weight is 280 g/mol. The van der Waals surface area contributed by atoms with Crippen LogP contribution in [0, 0.1) is 13.8 Å². The van der Waals surface area contributed by atoms with Crippen molar-refractivity contribution in [3.63, 3.8) is 0 Å². The largest absolute Gasteiger partial charge is 0.478 e. The average Bonchev–Trinajstić information content (AvgIpc) is 2.85. The molecule has 1 aromatic heterocycles. The van der Waals surface area contributed by atoms with Crippen LogP contribution in [0.4, 0.5) is 0 Å². The van der Waals surface area contributed by atoms with Crippen molar-refractivity contribution in [1.82, 2.24) is 9.55 Å². The molecule has 0 spiro atoms. The Balaban J connectivity index is 2.08. The van der Waals surface area contributed by atoms with Gasteiger partial charge in [0.25, 0.3) is 0 Å². The van der Waals surface area contributed by atoms with Crippen molar-refractivity contribution in [2.45, 2.75) is 20.4 Å². The Morgan fingerprint density at radius 1 is 1.19 bits per heavy atom. The van der Waals surface area contributed by atoms with Gasteiger partial charge in [-0.05, 0) is 48.7 Å². The van der Waals surface area contributed by atoms with Crippen LogP contribution < -0.4 is 0 Å². The summed E-state index contributed by atoms with van der Waals surface area (Å²) in [6, 6.07) is 11.2. The molecule has 0 fully saturated rings. The molecule has 1 N–H and O–H groups in total. The second-order valence-electron chi connectivity index (χ2n) is 5.25. The van der Waals surface area contributed by atoms with Crippen LogP contribution in [-0.2, 0) is 6.54 Å². The Morgan fingerprint density at radius 3 is 2.57 bits per heavy atom. The summed E-state index contributed by atoms with van der Waals surface area (Å²) in [7, 11) is 0. The number of hydrogen-bond acceptors (Lipinski definition) is 2. The molecule has 0 radical (unpaired) electrons. The highest BCUT2D eigenvalue weighted by Crippen LogP contribution is 2.20. The molecule has 0 bridgehead atoms. The Labute approximate surface area is 122 Å². The summed E-state index contributed by atoms with van der Waals surface area (Å²) >= 11 is 0. The standard InChI is InChI=1S/C17H16N2O2/c1-11-4-3-5-12(2)14(11)9-19-10-18-15-7-6-13(17(20)21)8-16(15)19/h3-8,10H,9H2,1-2H3,(H,20,21). The minimum absolute atomic E-state index is 0.283. The Kier molecular flexibility index (Phi) is 3.22. The molecule has 3 aromatic rings. The van der Waals surface area contributed by atoms with Crippen molar-refractivity contribution in [2.24, 2.45) is 0 Å². The van der Waals surface area contributed by atoms with Crippen molar-refractivity contribution in [3.05, 3.63) is 65.0 Å². The van der Waals surface area contributed by atoms with Crippen LogP contribution in [0.5, 0.6) is 0 Å². The monoisotopic (exact) mass is 280 g/mol. The fourth-order valence-corrected chi connectivity index (χ4v) is 2.58. The summed E-state index contributed by atoms with van der Waals surface area (Å²) < 4.78 is 2.00. The van der Waals surface area contributed by atoms with Crippen molar-refractivity contribution in [1.29, 1.82) is 0 Å². The lowest BCUT2D eigenvalue weighted by molar-refractivity contribution is 0.0697. The quantitative estimate of drug-likeness (QED) is 0.800. The lowest BCUT2D eigenvalue weighted by Crippen LogP contribution is -2.03. The molecule has 2 aromatic carbocycles. The number of hydrogen-bond donors (Lipinski definition) is 1. The van der Waals surface area contributed by atoms with Crippen molar-refractivity contribution >= 4 is 17.0 Å². The third-order valence-electron chi connectivity index (χ3n) is 3.84. The second-order valence-corrected chi connectivity index (χ2v) is 5.25. The lowest BCUT2D eigenvalue weighted by Gasteiger charge is -2.11. The van der Waals surface area contributed by atoms with Gasteiger partial charge in [-0.1, -0.05) is 18.2 Å². The van der Waals surface area contributed by atoms with Crippen LogP contribution in [0.2, 0.25) is 0 Å². The zero-order chi connectivity index (χ0) is 15.0. The maximum Gasteiger partial charge on any atom is 0.335 e. The number of carboxylic acid groups (broad SMARTS) is 1. The number of rotatable bonds is 3. The van der Waals surface area contributed by atoms with Crippen LogP contribution in [0.15, 0.2) is 42.7 Å². The van der Waals surface area contributed by atoms with Crippen molar-refractivity contribution < 1.29 is 9.90 Å². The van der Waals surface area contributed by atoms with Gasteiger partial charge in [-0.3, -0.25) is 0 Å². The molecule has 0 saturated heterocycles. The number of carboxylic acids is 1. The van der Waals surface area contributed by atoms with Crippen molar-refractivity contribution in [2.75, 3.05) is 0 Å². The van der Waals surface area contributed by atoms with Gasteiger partial charge in [-0.25, -0.2) is 9.78 Å². The number of benzene rings is 2. The topological polar surface area (TPSA) is 55.1 Å². The first-order valence-corrected chi connectivity index (χ1v) is 6.79. The molecule has 0 aliphatic rings. The van der Waals surface area contributed by atoms with Gasteiger partial charge in [-0.2, -0.15) is 0 Å². The zero-order valence-electron chi connectivity index (χ0n) is 12.0. The van der Waals surface area contributed by atoms with Gasteiger partial charge in [0, 0.05) is 6.54 Å². The van der Waals surface area contributed by atoms with E-state index < -0.39 is 5.97 Å². The predicted molar refractivity (Wildman–Crippen MR) is 81.7 cm³/mol. The highest BCUT2D eigenvalue weighted by Gasteiger charge is 2.10. The van der Waals surface area contributed by atoms with Crippen LogP contribution in [-0.4, -0.2) is 20.6 Å². The predicted octanol–water partition coefficient (Wildman–Crippen LogP) is 3.40. The van der Waals surface area contributed by atoms with Crippen LogP contribution in [0.1, 0.15) is 27.0 Å². The van der Waals surface area contributed by atoms with Gasteiger partial charge in [0.05, 0.1) is 22.9 Å². The molecule has 0 amide bonds. The molecule has 0 aliphatic carbocycles. The molecule has 0 aliphatic heterocycles. The molecule has 3 rings (SSSR count). The second kappa shape index (κ2) is 5.05. The van der Waals surface area contributed by atoms with E-state index in [4.69, 9.17) is 5.11 Å². The van der Waals surface area contributed by atoms with Gasteiger partial charge < -0.3 is 9.67 Å². The van der Waals surface area contributed by atoms with Gasteiger partial charge in [0.2, 0.25) is 0 Å². The fourth-order valence-electron chi connectivity index (χ4n) is 2.58. The molecular weight excluding hydrogens is 264 g/mol. The normalized spacial score (nSPS) is 11.0. The number of aromatic carboxylic acids is 1. The molecule has 1 heterocycles. The Hall–Kier alpha value is -2.62. The molecule has 21 heavy (non-hydrogen) atoms. The third-order valence-corrected chi connectivity index (χ3v) is 3.84. The molecule has 0 unspecified atom stereocenters. The molecule has 4 heteroatoms. The maximum atomic E-state index is 11.1. The summed E-state index contributed by atoms with van der Waals surface area (Å²) in [4.78, 5) is 15.5. The molecule has 4 nitrogen and oxygen atoms in total. The number of carbonyl (C=O) groups is 1. The van der Waals surface area contributed by atoms with Crippen molar-refractivity contribution in [3.8, 4) is 0 Å². The van der Waals surface area contributed by atoms with Gasteiger partial charge in [0.15, 0.2) is 0 Å². The van der Waals surface area contributed by atoms with E-state index in [9.17, 15) is 4.79 Å². The summed E-state index contributed by atoms with van der Waals surface area (Å²) in [5.74, 6) is -0.920. The minimum Gasteiger partial charge on any atom is -0.478 e. The Bertz CT molecular complexity index is 814. The first kappa shape index (κ1) is 13.4. The Morgan fingerprint density at radius 2 is 1.90 bits per heavy atom. The number of nitrogens with zero attached hydrogens (tertiary/aromatic N) is 2. The van der Waals surface area contributed by atoms with E-state index in [-0.39, 0.29) is 5.56 Å². The van der Waals surface area contributed by atoms with E-state index in [1.54, 1.807) is 24.5 Å². The number of fused-ring (bicyclic) bond motifs is 1. The van der Waals surface area contributed by atoms with Crippen LogP contribution >= 0.6 is 0 Å². The minimum atomic E-state index is -0.920. The van der Waals surface area contributed by atoms with Crippen LogP contribution in [0.25, 0.3) is 11.0 Å². The molecule has 106 valence electrons. The summed E-state index contributed by atoms with van der Waals surface area (Å²) in [5.41, 5.74) is 5.64. The van der Waals surface area contributed by atoms with Gasteiger partial charge in [-0.15, -0.1) is 0 Å². The first-order chi connectivity index (χ1) is 10.1. The molecule has 0 atom stereocenters. The van der Waals surface area contributed by atoms with E-state index in [2.05, 4.69) is 31.0 Å². The lowest BCUT2D eigenvalue weighted by atomic mass is 10.0. The van der Waals surface area contributed by atoms with Gasteiger partial charge in [0.1, 0.15) is 0 Å². The number of aromatic nitrogens is 2. The summed E-state index contributed by atoms with van der Waals surface area (Å²) in [6.45, 7) is 4.87. The van der Waals surface area contributed by atoms with E-state index in [1.165, 1.54) is 16.7 Å². The van der Waals surface area contributed by atoms with E-state index in [1.807, 2.05) is 10.6 Å². The van der Waals surface area contributed by atoms with E-state index >= 15 is 0 Å². The number of imidazole rings is 1. The maximum absolute atomic E-state index is 11.1. The van der Waals surface area contributed by atoms with Gasteiger partial charge >= 0.3 is 5.97 Å². The van der Waals surface area contributed by atoms with Crippen LogP contribution in [0.3, 0.4) is 0 Å². The van der Waals surface area contributed by atoms with E-state index in [0.29, 0.717) is 6.54 Å². The summed E-state index contributed by atoms with van der Waals surface area (Å²) in [6.07, 6.45) is 1.77. The SMILES string of the molecule is Cc1cccc(C)c1Cn1cnc2ccc(C(=O)O)cc21. The summed E-state index contributed by atoms with van der Waals surface area (Å²) in [5, 5.41) is 9.12. The third kappa shape index (κ3) is 2.40. The first-order valence-electron chi connectivity index (χ1n) is 6.79. The molecule has 0 saturated carbocycles. The zero-order valence-corrected chi connectivity index (χ0v) is 12.0.